The number of carbonyl (C=O) groups excluding carboxylic acids is 1. The fourth-order valence-corrected chi connectivity index (χ4v) is 2.41. The SMILES string of the molecule is O=C(Cc1noc(-c2cccc(Oc3ccccc3)c2)n1)NC1CC1. The molecule has 126 valence electrons. The molecule has 25 heavy (non-hydrogen) atoms. The summed E-state index contributed by atoms with van der Waals surface area (Å²) in [5, 5.41) is 6.79. The molecule has 0 aliphatic heterocycles. The zero-order valence-electron chi connectivity index (χ0n) is 13.5. The minimum atomic E-state index is -0.0731. The smallest absolute Gasteiger partial charge is 0.258 e. The van der Waals surface area contributed by atoms with Crippen LogP contribution in [-0.2, 0) is 11.2 Å². The summed E-state index contributed by atoms with van der Waals surface area (Å²) >= 11 is 0. The number of nitrogens with zero attached hydrogens (tertiary/aromatic N) is 2. The van der Waals surface area contributed by atoms with Crippen LogP contribution in [0.4, 0.5) is 0 Å². The van der Waals surface area contributed by atoms with Crippen molar-refractivity contribution < 1.29 is 14.1 Å². The molecule has 6 nitrogen and oxygen atoms in total. The average molecular weight is 335 g/mol. The summed E-state index contributed by atoms with van der Waals surface area (Å²) in [7, 11) is 0. The Morgan fingerprint density at radius 2 is 1.92 bits per heavy atom. The number of amides is 1. The second-order valence-corrected chi connectivity index (χ2v) is 5.98. The quantitative estimate of drug-likeness (QED) is 0.747. The standard InChI is InChI=1S/C19H17N3O3/c23-18(20-14-9-10-14)12-17-21-19(25-22-17)13-5-4-8-16(11-13)24-15-6-2-1-3-7-15/h1-8,11,14H,9-10,12H2,(H,20,23). The Kier molecular flexibility index (Phi) is 4.16. The van der Waals surface area contributed by atoms with Crippen LogP contribution in [0.25, 0.3) is 11.5 Å². The molecule has 6 heteroatoms. The van der Waals surface area contributed by atoms with E-state index in [1.807, 2.05) is 54.6 Å². The highest BCUT2D eigenvalue weighted by Crippen LogP contribution is 2.26. The summed E-state index contributed by atoms with van der Waals surface area (Å²) in [4.78, 5) is 16.1. The minimum Gasteiger partial charge on any atom is -0.457 e. The van der Waals surface area contributed by atoms with Crippen molar-refractivity contribution in [3.05, 3.63) is 60.4 Å². The molecule has 4 rings (SSSR count). The van der Waals surface area contributed by atoms with Crippen LogP contribution in [-0.4, -0.2) is 22.1 Å². The van der Waals surface area contributed by atoms with E-state index in [0.717, 1.165) is 24.2 Å². The third-order valence-corrected chi connectivity index (χ3v) is 3.79. The van der Waals surface area contributed by atoms with Gasteiger partial charge in [0, 0.05) is 11.6 Å². The lowest BCUT2D eigenvalue weighted by Crippen LogP contribution is -2.27. The molecule has 1 fully saturated rings. The van der Waals surface area contributed by atoms with Gasteiger partial charge in [-0.3, -0.25) is 4.79 Å². The van der Waals surface area contributed by atoms with Crippen molar-refractivity contribution in [2.24, 2.45) is 0 Å². The van der Waals surface area contributed by atoms with Gasteiger partial charge < -0.3 is 14.6 Å². The van der Waals surface area contributed by atoms with Gasteiger partial charge in [0.1, 0.15) is 11.5 Å². The van der Waals surface area contributed by atoms with Crippen molar-refractivity contribution in [2.45, 2.75) is 25.3 Å². The first kappa shape index (κ1) is 15.4. The van der Waals surface area contributed by atoms with Crippen LogP contribution < -0.4 is 10.1 Å². The van der Waals surface area contributed by atoms with Gasteiger partial charge in [0.25, 0.3) is 5.89 Å². The minimum absolute atomic E-state index is 0.0731. The van der Waals surface area contributed by atoms with Crippen LogP contribution in [0.15, 0.2) is 59.1 Å². The van der Waals surface area contributed by atoms with Gasteiger partial charge >= 0.3 is 0 Å². The zero-order valence-corrected chi connectivity index (χ0v) is 13.5. The van der Waals surface area contributed by atoms with Gasteiger partial charge in [0.05, 0.1) is 6.42 Å². The second-order valence-electron chi connectivity index (χ2n) is 5.98. The average Bonchev–Trinajstić information content (AvgIpc) is 3.31. The summed E-state index contributed by atoms with van der Waals surface area (Å²) in [6.45, 7) is 0. The lowest BCUT2D eigenvalue weighted by atomic mass is 10.2. The molecule has 0 spiro atoms. The summed E-state index contributed by atoms with van der Waals surface area (Å²) in [6, 6.07) is 17.3. The monoisotopic (exact) mass is 335 g/mol. The molecule has 1 aliphatic rings. The Labute approximate surface area is 144 Å². The maximum Gasteiger partial charge on any atom is 0.258 e. The van der Waals surface area contributed by atoms with Gasteiger partial charge in [0.2, 0.25) is 5.91 Å². The van der Waals surface area contributed by atoms with E-state index < -0.39 is 0 Å². The van der Waals surface area contributed by atoms with Crippen LogP contribution in [0, 0.1) is 0 Å². The summed E-state index contributed by atoms with van der Waals surface area (Å²) in [6.07, 6.45) is 2.23. The second kappa shape index (κ2) is 6.76. The maximum absolute atomic E-state index is 11.8. The lowest BCUT2D eigenvalue weighted by molar-refractivity contribution is -0.120. The molecule has 1 aromatic heterocycles. The Morgan fingerprint density at radius 1 is 1.12 bits per heavy atom. The molecule has 1 N–H and O–H groups in total. The molecular formula is C19H17N3O3. The van der Waals surface area contributed by atoms with Crippen molar-refractivity contribution in [1.29, 1.82) is 0 Å². The van der Waals surface area contributed by atoms with Gasteiger partial charge in [0.15, 0.2) is 5.82 Å². The van der Waals surface area contributed by atoms with E-state index in [9.17, 15) is 4.79 Å². The number of benzene rings is 2. The van der Waals surface area contributed by atoms with Gasteiger partial charge in [-0.05, 0) is 43.2 Å². The van der Waals surface area contributed by atoms with E-state index in [-0.39, 0.29) is 12.3 Å². The molecule has 1 saturated carbocycles. The highest BCUT2D eigenvalue weighted by atomic mass is 16.5. The normalized spacial score (nSPS) is 13.4. The predicted octanol–water partition coefficient (Wildman–Crippen LogP) is 3.35. The number of aromatic nitrogens is 2. The van der Waals surface area contributed by atoms with Crippen LogP contribution in [0.3, 0.4) is 0 Å². The van der Waals surface area contributed by atoms with Gasteiger partial charge in [-0.15, -0.1) is 0 Å². The van der Waals surface area contributed by atoms with Crippen LogP contribution >= 0.6 is 0 Å². The third kappa shape index (κ3) is 4.03. The zero-order chi connectivity index (χ0) is 17.1. The summed E-state index contributed by atoms with van der Waals surface area (Å²) in [5.74, 6) is 2.10. The molecule has 1 amide bonds. The van der Waals surface area contributed by atoms with E-state index >= 15 is 0 Å². The number of nitrogens with one attached hydrogen (secondary N) is 1. The van der Waals surface area contributed by atoms with E-state index in [0.29, 0.717) is 23.5 Å². The lowest BCUT2D eigenvalue weighted by Gasteiger charge is -2.05. The summed E-state index contributed by atoms with van der Waals surface area (Å²) < 4.78 is 11.1. The first-order valence-corrected chi connectivity index (χ1v) is 8.21. The van der Waals surface area contributed by atoms with Gasteiger partial charge in [-0.25, -0.2) is 0 Å². The number of hydrogen-bond acceptors (Lipinski definition) is 5. The fraction of sp³-hybridized carbons (Fsp3) is 0.211. The van der Waals surface area contributed by atoms with Gasteiger partial charge in [-0.2, -0.15) is 4.98 Å². The highest BCUT2D eigenvalue weighted by molar-refractivity contribution is 5.78. The molecule has 1 aliphatic carbocycles. The number of carbonyl (C=O) groups is 1. The fourth-order valence-electron chi connectivity index (χ4n) is 2.41. The molecule has 1 heterocycles. The predicted molar refractivity (Wildman–Crippen MR) is 91.1 cm³/mol. The third-order valence-electron chi connectivity index (χ3n) is 3.79. The maximum atomic E-state index is 11.8. The molecule has 3 aromatic rings. The van der Waals surface area contributed by atoms with Crippen molar-refractivity contribution in [3.8, 4) is 23.0 Å². The molecule has 0 unspecified atom stereocenters. The van der Waals surface area contributed by atoms with Crippen LogP contribution in [0.1, 0.15) is 18.7 Å². The van der Waals surface area contributed by atoms with Crippen molar-refractivity contribution >= 4 is 5.91 Å². The Bertz CT molecular complexity index is 872. The number of para-hydroxylation sites is 1. The largest absolute Gasteiger partial charge is 0.457 e. The number of hydrogen-bond donors (Lipinski definition) is 1. The van der Waals surface area contributed by atoms with E-state index in [1.165, 1.54) is 0 Å². The van der Waals surface area contributed by atoms with Crippen molar-refractivity contribution in [1.82, 2.24) is 15.5 Å². The molecule has 2 aromatic carbocycles. The van der Waals surface area contributed by atoms with Crippen LogP contribution in [0.2, 0.25) is 0 Å². The van der Waals surface area contributed by atoms with Crippen molar-refractivity contribution in [3.63, 3.8) is 0 Å². The first-order valence-electron chi connectivity index (χ1n) is 8.21. The summed E-state index contributed by atoms with van der Waals surface area (Å²) in [5.41, 5.74) is 0.745. The Balaban J connectivity index is 1.46. The first-order chi connectivity index (χ1) is 12.3. The molecule has 0 atom stereocenters. The van der Waals surface area contributed by atoms with E-state index in [2.05, 4.69) is 15.5 Å². The molecular weight excluding hydrogens is 318 g/mol. The molecule has 0 bridgehead atoms. The number of rotatable bonds is 6. The topological polar surface area (TPSA) is 77.2 Å². The molecule has 0 saturated heterocycles. The van der Waals surface area contributed by atoms with Gasteiger partial charge in [-0.1, -0.05) is 29.4 Å². The van der Waals surface area contributed by atoms with E-state index in [4.69, 9.17) is 9.26 Å². The molecule has 0 radical (unpaired) electrons. The Morgan fingerprint density at radius 3 is 2.72 bits per heavy atom. The van der Waals surface area contributed by atoms with E-state index in [1.54, 1.807) is 0 Å². The van der Waals surface area contributed by atoms with Crippen LogP contribution in [0.5, 0.6) is 11.5 Å². The Hall–Kier alpha value is -3.15. The van der Waals surface area contributed by atoms with Crippen molar-refractivity contribution in [2.75, 3.05) is 0 Å². The highest BCUT2D eigenvalue weighted by Gasteiger charge is 2.24. The number of ether oxygens (including phenoxy) is 1.